The molecular formula is C26H38N4O9S. The van der Waals surface area contributed by atoms with Crippen LogP contribution in [-0.2, 0) is 35.7 Å². The van der Waals surface area contributed by atoms with E-state index in [9.17, 15) is 37.3 Å². The molecule has 1 aromatic rings. The van der Waals surface area contributed by atoms with Crippen LogP contribution in [0.4, 0.5) is 4.79 Å². The minimum atomic E-state index is -4.95. The summed E-state index contributed by atoms with van der Waals surface area (Å²) in [7, 11) is -4.95. The molecule has 1 unspecified atom stereocenters. The summed E-state index contributed by atoms with van der Waals surface area (Å²) in [6.07, 6.45) is -0.250. The first-order chi connectivity index (χ1) is 18.8. The highest BCUT2D eigenvalue weighted by molar-refractivity contribution is 7.86. The molecule has 4 amide bonds. The van der Waals surface area contributed by atoms with Crippen molar-refractivity contribution < 1.29 is 42.0 Å². The van der Waals surface area contributed by atoms with E-state index in [1.54, 1.807) is 4.90 Å². The van der Waals surface area contributed by atoms with Gasteiger partial charge in [0.05, 0.1) is 19.1 Å². The Balaban J connectivity index is 1.51. The Morgan fingerprint density at radius 1 is 1.15 bits per heavy atom. The van der Waals surface area contributed by atoms with Gasteiger partial charge >= 0.3 is 6.09 Å². The van der Waals surface area contributed by atoms with Crippen molar-refractivity contribution in [2.45, 2.75) is 57.1 Å². The van der Waals surface area contributed by atoms with E-state index in [4.69, 9.17) is 4.74 Å². The summed E-state index contributed by atoms with van der Waals surface area (Å²) in [4.78, 5) is 51.6. The third kappa shape index (κ3) is 9.17. The lowest BCUT2D eigenvalue weighted by Crippen LogP contribution is -2.55. The van der Waals surface area contributed by atoms with Gasteiger partial charge < -0.3 is 30.7 Å². The highest BCUT2D eigenvalue weighted by atomic mass is 32.2. The van der Waals surface area contributed by atoms with Gasteiger partial charge in [-0.25, -0.2) is 4.79 Å². The first-order valence-corrected chi connectivity index (χ1v) is 14.8. The zero-order valence-electron chi connectivity index (χ0n) is 22.6. The van der Waals surface area contributed by atoms with Crippen LogP contribution in [-0.4, -0.2) is 90.6 Å². The Bertz CT molecular complexity index is 1160. The molecule has 2 heterocycles. The van der Waals surface area contributed by atoms with Crippen LogP contribution in [0.15, 0.2) is 30.3 Å². The summed E-state index contributed by atoms with van der Waals surface area (Å²) in [5.74, 6) is -1.93. The Morgan fingerprint density at radius 3 is 2.40 bits per heavy atom. The molecule has 0 aromatic heterocycles. The average molecular weight is 583 g/mol. The fourth-order valence-corrected chi connectivity index (χ4v) is 5.35. The van der Waals surface area contributed by atoms with E-state index in [1.807, 2.05) is 44.2 Å². The van der Waals surface area contributed by atoms with Crippen LogP contribution in [0.5, 0.6) is 0 Å². The van der Waals surface area contributed by atoms with E-state index in [2.05, 4.69) is 16.0 Å². The van der Waals surface area contributed by atoms with Crippen LogP contribution in [0.25, 0.3) is 0 Å². The van der Waals surface area contributed by atoms with E-state index < -0.39 is 45.6 Å². The first-order valence-electron chi connectivity index (χ1n) is 13.3. The van der Waals surface area contributed by atoms with Crippen molar-refractivity contribution >= 4 is 33.9 Å². The highest BCUT2D eigenvalue weighted by Crippen LogP contribution is 2.21. The normalized spacial score (nSPS) is 19.8. The number of benzene rings is 1. The highest BCUT2D eigenvalue weighted by Gasteiger charge is 2.38. The van der Waals surface area contributed by atoms with Gasteiger partial charge in [0.1, 0.15) is 6.04 Å². The lowest BCUT2D eigenvalue weighted by atomic mass is 9.97. The maximum Gasteiger partial charge on any atom is 0.407 e. The molecule has 2 aliphatic heterocycles. The molecule has 2 fully saturated rings. The van der Waals surface area contributed by atoms with Crippen LogP contribution in [0.3, 0.4) is 0 Å². The van der Waals surface area contributed by atoms with Gasteiger partial charge in [0, 0.05) is 31.5 Å². The average Bonchev–Trinajstić information content (AvgIpc) is 3.25. The molecule has 0 radical (unpaired) electrons. The standard InChI is InChI=1S/C26H38N4O9S/c1-16(2)10-20(24(33)28-21(25(34)40(36,37)38)12-19-8-9-27-23(19)32)29-26(35)39-15-18-13-30(14-18)22(31)11-17-6-4-3-5-7-17/h3-7,16,18-21,25,34H,8-15H2,1-2H3,(H,27,32)(H,28,33)(H,29,35)(H,36,37,38)/t19-,20+,21+,25?/m1/s1. The van der Waals surface area contributed by atoms with Crippen molar-refractivity contribution in [1.29, 1.82) is 0 Å². The Hall–Kier alpha value is -3.23. The number of nitrogens with one attached hydrogen (secondary N) is 3. The van der Waals surface area contributed by atoms with Crippen molar-refractivity contribution in [3.05, 3.63) is 35.9 Å². The summed E-state index contributed by atoms with van der Waals surface area (Å²) in [6, 6.07) is 6.75. The molecule has 0 spiro atoms. The molecule has 3 rings (SSSR count). The third-order valence-corrected chi connectivity index (χ3v) is 7.89. The molecule has 5 N–H and O–H groups in total. The number of aliphatic hydroxyl groups is 1. The molecule has 0 aliphatic carbocycles. The predicted octanol–water partition coefficient (Wildman–Crippen LogP) is 0.0456. The van der Waals surface area contributed by atoms with Gasteiger partial charge in [-0.05, 0) is 30.7 Å². The smallest absolute Gasteiger partial charge is 0.407 e. The van der Waals surface area contributed by atoms with Crippen LogP contribution in [0.1, 0.15) is 38.7 Å². The van der Waals surface area contributed by atoms with Crippen molar-refractivity contribution in [3.8, 4) is 0 Å². The zero-order valence-corrected chi connectivity index (χ0v) is 23.4. The second kappa shape index (κ2) is 13.9. The van der Waals surface area contributed by atoms with Gasteiger partial charge in [0.2, 0.25) is 23.2 Å². The second-order valence-corrected chi connectivity index (χ2v) is 12.3. The Kier molecular flexibility index (Phi) is 10.9. The monoisotopic (exact) mass is 582 g/mol. The number of hydrogen-bond acceptors (Lipinski definition) is 8. The van der Waals surface area contributed by atoms with Gasteiger partial charge in [-0.1, -0.05) is 44.2 Å². The number of rotatable bonds is 13. The molecular weight excluding hydrogens is 544 g/mol. The fourth-order valence-electron chi connectivity index (χ4n) is 4.76. The van der Waals surface area contributed by atoms with E-state index >= 15 is 0 Å². The van der Waals surface area contributed by atoms with E-state index in [1.165, 1.54) is 0 Å². The van der Waals surface area contributed by atoms with E-state index in [-0.39, 0.29) is 43.1 Å². The van der Waals surface area contributed by atoms with Gasteiger partial charge in [0.15, 0.2) is 0 Å². The predicted molar refractivity (Wildman–Crippen MR) is 143 cm³/mol. The summed E-state index contributed by atoms with van der Waals surface area (Å²) < 4.78 is 37.9. The van der Waals surface area contributed by atoms with Gasteiger partial charge in [-0.2, -0.15) is 8.42 Å². The molecule has 2 aliphatic rings. The lowest BCUT2D eigenvalue weighted by Gasteiger charge is -2.39. The van der Waals surface area contributed by atoms with Gasteiger partial charge in [-0.15, -0.1) is 0 Å². The molecule has 0 bridgehead atoms. The Labute approximate surface area is 233 Å². The number of alkyl carbamates (subject to hydrolysis) is 1. The number of nitrogens with zero attached hydrogens (tertiary/aromatic N) is 1. The summed E-state index contributed by atoms with van der Waals surface area (Å²) in [5, 5.41) is 17.6. The van der Waals surface area contributed by atoms with Crippen LogP contribution >= 0.6 is 0 Å². The summed E-state index contributed by atoms with van der Waals surface area (Å²) in [5.41, 5.74) is -1.44. The molecule has 4 atom stereocenters. The van der Waals surface area contributed by atoms with Crippen LogP contribution < -0.4 is 16.0 Å². The number of aliphatic hydroxyl groups excluding tert-OH is 1. The molecule has 222 valence electrons. The van der Waals surface area contributed by atoms with Gasteiger partial charge in [-0.3, -0.25) is 18.9 Å². The number of ether oxygens (including phenoxy) is 1. The third-order valence-electron chi connectivity index (χ3n) is 6.95. The molecule has 0 saturated carbocycles. The van der Waals surface area contributed by atoms with E-state index in [0.29, 0.717) is 32.5 Å². The maximum absolute atomic E-state index is 13.1. The number of carbonyl (C=O) groups is 4. The lowest BCUT2D eigenvalue weighted by molar-refractivity contribution is -0.137. The molecule has 40 heavy (non-hydrogen) atoms. The second-order valence-electron chi connectivity index (χ2n) is 10.8. The van der Waals surface area contributed by atoms with Crippen molar-refractivity contribution in [3.63, 3.8) is 0 Å². The van der Waals surface area contributed by atoms with Gasteiger partial charge in [0.25, 0.3) is 10.1 Å². The Morgan fingerprint density at radius 2 is 1.82 bits per heavy atom. The van der Waals surface area contributed by atoms with E-state index in [0.717, 1.165) is 5.56 Å². The minimum Gasteiger partial charge on any atom is -0.449 e. The summed E-state index contributed by atoms with van der Waals surface area (Å²) >= 11 is 0. The van der Waals surface area contributed by atoms with Crippen molar-refractivity contribution in [2.24, 2.45) is 17.8 Å². The largest absolute Gasteiger partial charge is 0.449 e. The minimum absolute atomic E-state index is 0.0164. The maximum atomic E-state index is 13.1. The number of likely N-dealkylation sites (tertiary alicyclic amines) is 1. The fraction of sp³-hybridized carbons (Fsp3) is 0.615. The van der Waals surface area contributed by atoms with Crippen molar-refractivity contribution in [2.75, 3.05) is 26.2 Å². The first kappa shape index (κ1) is 31.3. The van der Waals surface area contributed by atoms with Crippen LogP contribution in [0.2, 0.25) is 0 Å². The topological polar surface area (TPSA) is 191 Å². The number of carbonyl (C=O) groups excluding carboxylic acids is 4. The molecule has 1 aromatic carbocycles. The molecule has 14 heteroatoms. The zero-order chi connectivity index (χ0) is 29.4. The SMILES string of the molecule is CC(C)C[C@H](NC(=O)OCC1CN(C(=O)Cc2ccccc2)C1)C(=O)N[C@@H](C[C@H]1CCNC1=O)C(O)S(=O)(=O)O. The molecule has 2 saturated heterocycles. The summed E-state index contributed by atoms with van der Waals surface area (Å²) in [6.45, 7) is 4.93. The quantitative estimate of drug-likeness (QED) is 0.200. The number of hydrogen-bond donors (Lipinski definition) is 5. The van der Waals surface area contributed by atoms with Crippen LogP contribution in [0, 0.1) is 17.8 Å². The van der Waals surface area contributed by atoms with Crippen molar-refractivity contribution in [1.82, 2.24) is 20.9 Å². The number of amides is 4. The molecule has 13 nitrogen and oxygen atoms in total.